The molecule has 0 spiro atoms. The van der Waals surface area contributed by atoms with E-state index >= 15 is 0 Å². The molecule has 0 aliphatic carbocycles. The number of carbonyl (C=O) groups excluding carboxylic acids is 1. The number of hydrogen-bond donors (Lipinski definition) is 2. The van der Waals surface area contributed by atoms with Gasteiger partial charge in [0, 0.05) is 28.1 Å². The van der Waals surface area contributed by atoms with Gasteiger partial charge in [0.25, 0.3) is 0 Å². The van der Waals surface area contributed by atoms with E-state index in [0.29, 0.717) is 12.3 Å². The van der Waals surface area contributed by atoms with Crippen LogP contribution in [0.1, 0.15) is 50.4 Å². The van der Waals surface area contributed by atoms with Crippen LogP contribution in [-0.4, -0.2) is 17.0 Å². The number of rotatable bonds is 7. The van der Waals surface area contributed by atoms with Gasteiger partial charge in [0.05, 0.1) is 0 Å². The standard InChI is InChI=1S/C18H24N2O/c1-13(2)6-8-18(3,9-10-19)17(21)15-4-5-16-14(12-15)7-11-20-16/h4-5,7,10-13,19-20H,6,8-9H2,1-3H3. The summed E-state index contributed by atoms with van der Waals surface area (Å²) in [5.41, 5.74) is 1.31. The highest BCUT2D eigenvalue weighted by Crippen LogP contribution is 2.33. The smallest absolute Gasteiger partial charge is 0.169 e. The maximum Gasteiger partial charge on any atom is 0.169 e. The molecule has 0 amide bonds. The van der Waals surface area contributed by atoms with Gasteiger partial charge in [-0.05, 0) is 49.2 Å². The molecule has 21 heavy (non-hydrogen) atoms. The molecule has 0 bridgehead atoms. The number of H-pyrrole nitrogens is 1. The predicted molar refractivity (Wildman–Crippen MR) is 88.2 cm³/mol. The summed E-state index contributed by atoms with van der Waals surface area (Å²) in [5.74, 6) is 0.713. The number of aromatic nitrogens is 1. The molecular formula is C18H24N2O. The molecule has 1 atom stereocenters. The number of aromatic amines is 1. The lowest BCUT2D eigenvalue weighted by atomic mass is 9.75. The van der Waals surface area contributed by atoms with Crippen molar-refractivity contribution in [3.05, 3.63) is 36.0 Å². The molecule has 0 fully saturated rings. The van der Waals surface area contributed by atoms with Gasteiger partial charge in [-0.25, -0.2) is 0 Å². The van der Waals surface area contributed by atoms with Crippen LogP contribution in [-0.2, 0) is 0 Å². The van der Waals surface area contributed by atoms with Crippen LogP contribution in [0.3, 0.4) is 0 Å². The first kappa shape index (κ1) is 15.5. The van der Waals surface area contributed by atoms with Gasteiger partial charge in [-0.1, -0.05) is 27.2 Å². The molecule has 0 aliphatic heterocycles. The number of benzene rings is 1. The van der Waals surface area contributed by atoms with Crippen LogP contribution in [0.25, 0.3) is 10.9 Å². The molecule has 0 radical (unpaired) electrons. The molecule has 2 N–H and O–H groups in total. The van der Waals surface area contributed by atoms with Crippen molar-refractivity contribution in [2.75, 3.05) is 0 Å². The molecule has 0 saturated carbocycles. The summed E-state index contributed by atoms with van der Waals surface area (Å²) in [5, 5.41) is 8.48. The zero-order chi connectivity index (χ0) is 15.5. The number of Topliss-reactive ketones (excluding diaryl/α,β-unsaturated/α-hetero) is 1. The fraction of sp³-hybridized carbons (Fsp3) is 0.444. The minimum Gasteiger partial charge on any atom is -0.361 e. The van der Waals surface area contributed by atoms with E-state index in [2.05, 4.69) is 18.8 Å². The zero-order valence-electron chi connectivity index (χ0n) is 13.1. The number of ketones is 1. The van der Waals surface area contributed by atoms with Gasteiger partial charge in [0.2, 0.25) is 0 Å². The first-order chi connectivity index (χ1) is 9.96. The second-order valence-corrected chi connectivity index (χ2v) is 6.51. The first-order valence-corrected chi connectivity index (χ1v) is 7.57. The van der Waals surface area contributed by atoms with E-state index < -0.39 is 5.41 Å². The molecule has 2 aromatic rings. The van der Waals surface area contributed by atoms with Gasteiger partial charge in [-0.3, -0.25) is 4.79 Å². The quantitative estimate of drug-likeness (QED) is 0.555. The number of nitrogens with one attached hydrogen (secondary N) is 2. The van der Waals surface area contributed by atoms with Crippen molar-refractivity contribution in [1.29, 1.82) is 5.41 Å². The Morgan fingerprint density at radius 1 is 1.38 bits per heavy atom. The third-order valence-corrected chi connectivity index (χ3v) is 4.19. The maximum atomic E-state index is 12.9. The van der Waals surface area contributed by atoms with Gasteiger partial charge in [0.1, 0.15) is 0 Å². The molecule has 3 heteroatoms. The van der Waals surface area contributed by atoms with Crippen molar-refractivity contribution >= 4 is 22.9 Å². The van der Waals surface area contributed by atoms with E-state index in [9.17, 15) is 4.79 Å². The van der Waals surface area contributed by atoms with Crippen molar-refractivity contribution in [2.24, 2.45) is 11.3 Å². The van der Waals surface area contributed by atoms with Crippen LogP contribution in [0.5, 0.6) is 0 Å². The van der Waals surface area contributed by atoms with Gasteiger partial charge in [0.15, 0.2) is 5.78 Å². The Hall–Kier alpha value is -1.90. The lowest BCUT2D eigenvalue weighted by Gasteiger charge is -2.27. The highest BCUT2D eigenvalue weighted by atomic mass is 16.1. The fourth-order valence-electron chi connectivity index (χ4n) is 2.68. The van der Waals surface area contributed by atoms with Crippen LogP contribution in [0, 0.1) is 16.7 Å². The summed E-state index contributed by atoms with van der Waals surface area (Å²) in [7, 11) is 0. The number of hydrogen-bond acceptors (Lipinski definition) is 2. The van der Waals surface area contributed by atoms with Crippen molar-refractivity contribution in [3.8, 4) is 0 Å². The predicted octanol–water partition coefficient (Wildman–Crippen LogP) is 4.83. The normalized spacial score (nSPS) is 14.3. The first-order valence-electron chi connectivity index (χ1n) is 7.57. The zero-order valence-corrected chi connectivity index (χ0v) is 13.1. The monoisotopic (exact) mass is 284 g/mol. The van der Waals surface area contributed by atoms with E-state index in [4.69, 9.17) is 5.41 Å². The summed E-state index contributed by atoms with van der Waals surface area (Å²) in [6.45, 7) is 6.33. The fourth-order valence-corrected chi connectivity index (χ4v) is 2.68. The molecule has 1 aromatic heterocycles. The molecular weight excluding hydrogens is 260 g/mol. The van der Waals surface area contributed by atoms with Crippen molar-refractivity contribution < 1.29 is 4.79 Å². The van der Waals surface area contributed by atoms with Crippen LogP contribution in [0.15, 0.2) is 30.5 Å². The molecule has 1 unspecified atom stereocenters. The van der Waals surface area contributed by atoms with Gasteiger partial charge in [-0.15, -0.1) is 0 Å². The van der Waals surface area contributed by atoms with Crippen molar-refractivity contribution in [3.63, 3.8) is 0 Å². The molecule has 3 nitrogen and oxygen atoms in total. The highest BCUT2D eigenvalue weighted by Gasteiger charge is 2.32. The van der Waals surface area contributed by atoms with Crippen LogP contribution >= 0.6 is 0 Å². The van der Waals surface area contributed by atoms with E-state index in [-0.39, 0.29) is 5.78 Å². The van der Waals surface area contributed by atoms with E-state index in [0.717, 1.165) is 29.3 Å². The summed E-state index contributed by atoms with van der Waals surface area (Å²) in [6, 6.07) is 7.77. The third-order valence-electron chi connectivity index (χ3n) is 4.19. The number of fused-ring (bicyclic) bond motifs is 1. The second kappa shape index (κ2) is 6.25. The van der Waals surface area contributed by atoms with Gasteiger partial charge in [-0.2, -0.15) is 0 Å². The molecule has 1 heterocycles. The molecule has 1 aromatic carbocycles. The SMILES string of the molecule is CC(C)CCC(C)(CC=N)C(=O)c1ccc2[nH]ccc2c1. The van der Waals surface area contributed by atoms with Crippen LogP contribution in [0.4, 0.5) is 0 Å². The Balaban J connectivity index is 2.29. The van der Waals surface area contributed by atoms with Crippen LogP contribution < -0.4 is 0 Å². The third kappa shape index (κ3) is 3.41. The summed E-state index contributed by atoms with van der Waals surface area (Å²) < 4.78 is 0. The number of carbonyl (C=O) groups is 1. The lowest BCUT2D eigenvalue weighted by molar-refractivity contribution is 0.0804. The summed E-state index contributed by atoms with van der Waals surface area (Å²) >= 11 is 0. The Morgan fingerprint density at radius 2 is 2.14 bits per heavy atom. The van der Waals surface area contributed by atoms with Gasteiger partial charge >= 0.3 is 0 Å². The van der Waals surface area contributed by atoms with Gasteiger partial charge < -0.3 is 10.4 Å². The lowest BCUT2D eigenvalue weighted by Crippen LogP contribution is -2.29. The van der Waals surface area contributed by atoms with E-state index in [1.807, 2.05) is 37.4 Å². The Bertz CT molecular complexity index is 641. The van der Waals surface area contributed by atoms with Crippen molar-refractivity contribution in [2.45, 2.75) is 40.0 Å². The van der Waals surface area contributed by atoms with E-state index in [1.165, 1.54) is 6.21 Å². The largest absolute Gasteiger partial charge is 0.361 e. The average molecular weight is 284 g/mol. The molecule has 2 rings (SSSR count). The Labute approximate surface area is 126 Å². The second-order valence-electron chi connectivity index (χ2n) is 6.51. The minimum absolute atomic E-state index is 0.148. The maximum absolute atomic E-state index is 12.9. The van der Waals surface area contributed by atoms with Crippen molar-refractivity contribution in [1.82, 2.24) is 4.98 Å². The van der Waals surface area contributed by atoms with Crippen LogP contribution in [0.2, 0.25) is 0 Å². The molecule has 112 valence electrons. The molecule has 0 aliphatic rings. The summed E-state index contributed by atoms with van der Waals surface area (Å²) in [6.07, 6.45) is 5.58. The molecule has 0 saturated heterocycles. The average Bonchev–Trinajstić information content (AvgIpc) is 2.92. The summed E-state index contributed by atoms with van der Waals surface area (Å²) in [4.78, 5) is 16.1. The van der Waals surface area contributed by atoms with E-state index in [1.54, 1.807) is 0 Å². The topological polar surface area (TPSA) is 56.7 Å². The Kier molecular flexibility index (Phi) is 4.61. The Morgan fingerprint density at radius 3 is 2.81 bits per heavy atom. The highest BCUT2D eigenvalue weighted by molar-refractivity contribution is 6.03. The minimum atomic E-state index is -0.476.